The number of nitrogens with one attached hydrogen (secondary N) is 1. The Bertz CT molecular complexity index is 1390. The van der Waals surface area contributed by atoms with Crippen molar-refractivity contribution in [2.24, 2.45) is 0 Å². The molecule has 4 aromatic rings. The second-order valence-corrected chi connectivity index (χ2v) is 9.80. The van der Waals surface area contributed by atoms with E-state index in [1.165, 1.54) is 12.4 Å². The van der Waals surface area contributed by atoms with E-state index < -0.39 is 10.0 Å². The summed E-state index contributed by atoms with van der Waals surface area (Å²) in [6.07, 6.45) is 7.49. The van der Waals surface area contributed by atoms with Gasteiger partial charge in [0.2, 0.25) is 5.95 Å². The van der Waals surface area contributed by atoms with Crippen LogP contribution in [0.2, 0.25) is 0 Å². The summed E-state index contributed by atoms with van der Waals surface area (Å²) in [5.74, 6) is 1.88. The van der Waals surface area contributed by atoms with Gasteiger partial charge in [-0.05, 0) is 32.8 Å². The average molecular weight is 440 g/mol. The molecule has 0 atom stereocenters. The van der Waals surface area contributed by atoms with Crippen molar-refractivity contribution in [1.29, 1.82) is 0 Å². The van der Waals surface area contributed by atoms with Gasteiger partial charge >= 0.3 is 0 Å². The summed E-state index contributed by atoms with van der Waals surface area (Å²) in [4.78, 5) is 17.5. The summed E-state index contributed by atoms with van der Waals surface area (Å²) in [7, 11) is -3.44. The van der Waals surface area contributed by atoms with Crippen molar-refractivity contribution in [3.8, 4) is 11.4 Å². The van der Waals surface area contributed by atoms with Crippen LogP contribution in [-0.4, -0.2) is 47.4 Å². The third kappa shape index (κ3) is 3.48. The number of anilines is 3. The minimum absolute atomic E-state index is 0.148. The zero-order valence-corrected chi connectivity index (χ0v) is 17.8. The number of fused-ring (bicyclic) bond motifs is 1. The lowest BCUT2D eigenvalue weighted by atomic mass is 10.3. The van der Waals surface area contributed by atoms with Crippen molar-refractivity contribution in [2.45, 2.75) is 38.0 Å². The Hall–Kier alpha value is -3.54. The van der Waals surface area contributed by atoms with Crippen LogP contribution >= 0.6 is 0 Å². The minimum Gasteiger partial charge on any atom is -0.369 e. The van der Waals surface area contributed by atoms with E-state index in [0.29, 0.717) is 47.3 Å². The molecular weight excluding hydrogens is 418 g/mol. The number of rotatable bonds is 6. The summed E-state index contributed by atoms with van der Waals surface area (Å²) in [5.41, 5.74) is 8.12. The fraction of sp³-hybridized carbons (Fsp3) is 0.316. The molecule has 31 heavy (non-hydrogen) atoms. The van der Waals surface area contributed by atoms with Gasteiger partial charge < -0.3 is 15.6 Å². The van der Waals surface area contributed by atoms with Gasteiger partial charge in [0.05, 0.1) is 34.9 Å². The van der Waals surface area contributed by atoms with E-state index in [-0.39, 0.29) is 11.3 Å². The highest BCUT2D eigenvalue weighted by Crippen LogP contribution is 2.30. The number of nitrogen functional groups attached to an aromatic ring is 1. The molecule has 4 heterocycles. The SMILES string of the molecule is CC(C)n1c(N)nc2cnc(Nc3ccnc(-c4cnn(S(=O)(=O)C5CC5)c4)n3)cc21. The van der Waals surface area contributed by atoms with Crippen molar-refractivity contribution < 1.29 is 8.42 Å². The van der Waals surface area contributed by atoms with E-state index in [9.17, 15) is 8.42 Å². The first kappa shape index (κ1) is 19.4. The van der Waals surface area contributed by atoms with Crippen LogP contribution in [0.4, 0.5) is 17.6 Å². The molecule has 1 fully saturated rings. The number of aromatic nitrogens is 7. The molecule has 160 valence electrons. The number of imidazole rings is 1. The highest BCUT2D eigenvalue weighted by molar-refractivity contribution is 7.90. The number of pyridine rings is 1. The van der Waals surface area contributed by atoms with Gasteiger partial charge in [0.25, 0.3) is 10.0 Å². The highest BCUT2D eigenvalue weighted by Gasteiger charge is 2.37. The normalized spacial score (nSPS) is 14.4. The molecule has 0 unspecified atom stereocenters. The molecule has 12 heteroatoms. The van der Waals surface area contributed by atoms with Gasteiger partial charge in [-0.25, -0.2) is 28.4 Å². The zero-order chi connectivity index (χ0) is 21.8. The van der Waals surface area contributed by atoms with Crippen molar-refractivity contribution in [2.75, 3.05) is 11.1 Å². The molecule has 0 aromatic carbocycles. The van der Waals surface area contributed by atoms with E-state index in [1.54, 1.807) is 18.5 Å². The predicted octanol–water partition coefficient (Wildman–Crippen LogP) is 2.33. The molecule has 5 rings (SSSR count). The molecule has 1 saturated carbocycles. The largest absolute Gasteiger partial charge is 0.369 e. The smallest absolute Gasteiger partial charge is 0.256 e. The molecule has 4 aromatic heterocycles. The Morgan fingerprint density at radius 1 is 1.16 bits per heavy atom. The number of nitrogens with two attached hydrogens (primary N) is 1. The molecule has 1 aliphatic carbocycles. The van der Waals surface area contributed by atoms with Crippen LogP contribution in [0.25, 0.3) is 22.4 Å². The predicted molar refractivity (Wildman–Crippen MR) is 116 cm³/mol. The van der Waals surface area contributed by atoms with Crippen molar-refractivity contribution >= 4 is 38.6 Å². The topological polar surface area (TPSA) is 146 Å². The average Bonchev–Trinajstić information content (AvgIpc) is 3.37. The third-order valence-electron chi connectivity index (χ3n) is 5.06. The maximum absolute atomic E-state index is 12.4. The second-order valence-electron chi connectivity index (χ2n) is 7.73. The maximum Gasteiger partial charge on any atom is 0.256 e. The lowest BCUT2D eigenvalue weighted by Crippen LogP contribution is -2.17. The van der Waals surface area contributed by atoms with Crippen LogP contribution in [-0.2, 0) is 10.0 Å². The van der Waals surface area contributed by atoms with Crippen LogP contribution in [0.3, 0.4) is 0 Å². The number of hydrogen-bond donors (Lipinski definition) is 2. The first-order chi connectivity index (χ1) is 14.8. The Balaban J connectivity index is 1.44. The Kier molecular flexibility index (Phi) is 4.39. The molecule has 3 N–H and O–H groups in total. The minimum atomic E-state index is -3.44. The molecule has 0 spiro atoms. The van der Waals surface area contributed by atoms with Gasteiger partial charge in [-0.1, -0.05) is 0 Å². The molecule has 1 aliphatic rings. The third-order valence-corrected chi connectivity index (χ3v) is 7.09. The summed E-state index contributed by atoms with van der Waals surface area (Å²) >= 11 is 0. The molecule has 0 radical (unpaired) electrons. The number of nitrogens with zero attached hydrogens (tertiary/aromatic N) is 7. The Morgan fingerprint density at radius 3 is 2.71 bits per heavy atom. The maximum atomic E-state index is 12.4. The van der Waals surface area contributed by atoms with E-state index >= 15 is 0 Å². The van der Waals surface area contributed by atoms with E-state index in [2.05, 4.69) is 30.4 Å². The molecule has 0 bridgehead atoms. The highest BCUT2D eigenvalue weighted by atomic mass is 32.2. The second kappa shape index (κ2) is 7.01. The fourth-order valence-corrected chi connectivity index (χ4v) is 4.88. The van der Waals surface area contributed by atoms with Gasteiger partial charge in [-0.2, -0.15) is 9.19 Å². The monoisotopic (exact) mass is 439 g/mol. The van der Waals surface area contributed by atoms with Crippen LogP contribution in [0.5, 0.6) is 0 Å². The fourth-order valence-electron chi connectivity index (χ4n) is 3.41. The summed E-state index contributed by atoms with van der Waals surface area (Å²) in [6, 6.07) is 3.71. The van der Waals surface area contributed by atoms with Gasteiger partial charge in [-0.15, -0.1) is 0 Å². The summed E-state index contributed by atoms with van der Waals surface area (Å²) in [5, 5.41) is 6.81. The van der Waals surface area contributed by atoms with E-state index in [1.807, 2.05) is 24.5 Å². The van der Waals surface area contributed by atoms with Gasteiger partial charge in [0, 0.05) is 18.3 Å². The van der Waals surface area contributed by atoms with Crippen LogP contribution in [0.1, 0.15) is 32.7 Å². The Labute approximate surface area is 178 Å². The van der Waals surface area contributed by atoms with Crippen LogP contribution < -0.4 is 11.1 Å². The molecule has 0 amide bonds. The molecule has 0 saturated heterocycles. The van der Waals surface area contributed by atoms with Gasteiger partial charge in [0.1, 0.15) is 17.2 Å². The van der Waals surface area contributed by atoms with E-state index in [0.717, 1.165) is 9.60 Å². The molecule has 11 nitrogen and oxygen atoms in total. The quantitative estimate of drug-likeness (QED) is 0.462. The first-order valence-electron chi connectivity index (χ1n) is 9.86. The standard InChI is InChI=1S/C19H21N9O2S/c1-11(2)28-15-7-17(22-9-14(15)24-19(28)20)25-16-5-6-21-18(26-16)12-8-23-27(10-12)31(29,30)13-3-4-13/h5-11,13H,3-4H2,1-2H3,(H2,20,24)(H,21,22,25,26). The van der Waals surface area contributed by atoms with Gasteiger partial charge in [0.15, 0.2) is 5.82 Å². The lowest BCUT2D eigenvalue weighted by Gasteiger charge is -2.11. The van der Waals surface area contributed by atoms with Crippen molar-refractivity contribution in [3.63, 3.8) is 0 Å². The zero-order valence-electron chi connectivity index (χ0n) is 17.0. The van der Waals surface area contributed by atoms with Gasteiger partial charge in [-0.3, -0.25) is 0 Å². The Morgan fingerprint density at radius 2 is 1.97 bits per heavy atom. The van der Waals surface area contributed by atoms with Crippen molar-refractivity contribution in [3.05, 3.63) is 36.9 Å². The summed E-state index contributed by atoms with van der Waals surface area (Å²) in [6.45, 7) is 4.07. The summed E-state index contributed by atoms with van der Waals surface area (Å²) < 4.78 is 27.7. The van der Waals surface area contributed by atoms with Crippen LogP contribution in [0, 0.1) is 0 Å². The lowest BCUT2D eigenvalue weighted by molar-refractivity contribution is 0.578. The van der Waals surface area contributed by atoms with E-state index in [4.69, 9.17) is 5.73 Å². The molecule has 0 aliphatic heterocycles. The van der Waals surface area contributed by atoms with Crippen molar-refractivity contribution in [1.82, 2.24) is 33.7 Å². The van der Waals surface area contributed by atoms with Crippen LogP contribution in [0.15, 0.2) is 36.9 Å². The first-order valence-corrected chi connectivity index (χ1v) is 11.4. The molecular formula is C19H21N9O2S. The number of hydrogen-bond acceptors (Lipinski definition) is 9.